The van der Waals surface area contributed by atoms with Crippen LogP contribution in [-0.4, -0.2) is 78.0 Å². The van der Waals surface area contributed by atoms with E-state index in [0.29, 0.717) is 18.0 Å². The molecule has 0 radical (unpaired) electrons. The van der Waals surface area contributed by atoms with Gasteiger partial charge in [-0.3, -0.25) is 14.6 Å². The Morgan fingerprint density at radius 1 is 1.05 bits per heavy atom. The molecule has 0 aliphatic carbocycles. The summed E-state index contributed by atoms with van der Waals surface area (Å²) in [5.74, 6) is 0.341. The van der Waals surface area contributed by atoms with Crippen LogP contribution >= 0.6 is 0 Å². The van der Waals surface area contributed by atoms with Crippen molar-refractivity contribution in [3.8, 4) is 0 Å². The van der Waals surface area contributed by atoms with Crippen LogP contribution in [0.1, 0.15) is 39.0 Å². The second-order valence-corrected chi connectivity index (χ2v) is 7.02. The standard InChI is InChI=1S/C16H30N4O/c1-13(16(21)19-7-2-3-8-19)20-11-6-15(12-20)18-9-4-14(17)5-10-18/h13-15H,2-12,17H2,1H3. The van der Waals surface area contributed by atoms with E-state index in [2.05, 4.69) is 21.6 Å². The van der Waals surface area contributed by atoms with Crippen molar-refractivity contribution in [2.75, 3.05) is 39.3 Å². The number of amides is 1. The molecule has 0 aromatic heterocycles. The third-order valence-corrected chi connectivity index (χ3v) is 5.61. The van der Waals surface area contributed by atoms with E-state index < -0.39 is 0 Å². The van der Waals surface area contributed by atoms with Crippen LogP contribution in [0.15, 0.2) is 0 Å². The van der Waals surface area contributed by atoms with E-state index in [9.17, 15) is 4.79 Å². The quantitative estimate of drug-likeness (QED) is 0.823. The number of rotatable bonds is 3. The van der Waals surface area contributed by atoms with Gasteiger partial charge in [-0.05, 0) is 52.1 Å². The number of piperidine rings is 1. The maximum atomic E-state index is 12.5. The van der Waals surface area contributed by atoms with Gasteiger partial charge in [0.25, 0.3) is 0 Å². The number of hydrogen-bond acceptors (Lipinski definition) is 4. The lowest BCUT2D eigenvalue weighted by Crippen LogP contribution is -2.48. The van der Waals surface area contributed by atoms with Gasteiger partial charge in [0.15, 0.2) is 0 Å². The molecule has 5 nitrogen and oxygen atoms in total. The summed E-state index contributed by atoms with van der Waals surface area (Å²) in [4.78, 5) is 19.5. The molecule has 0 saturated carbocycles. The lowest BCUT2D eigenvalue weighted by molar-refractivity contribution is -0.135. The average molecular weight is 294 g/mol. The lowest BCUT2D eigenvalue weighted by Gasteiger charge is -2.35. The summed E-state index contributed by atoms with van der Waals surface area (Å²) in [5, 5.41) is 0. The Morgan fingerprint density at radius 3 is 2.38 bits per heavy atom. The maximum Gasteiger partial charge on any atom is 0.239 e. The number of nitrogens with zero attached hydrogens (tertiary/aromatic N) is 3. The number of hydrogen-bond donors (Lipinski definition) is 1. The van der Waals surface area contributed by atoms with Gasteiger partial charge in [0.05, 0.1) is 6.04 Å². The Morgan fingerprint density at radius 2 is 1.71 bits per heavy atom. The van der Waals surface area contributed by atoms with E-state index in [1.807, 2.05) is 0 Å². The van der Waals surface area contributed by atoms with Crippen LogP contribution in [-0.2, 0) is 4.79 Å². The molecule has 120 valence electrons. The minimum atomic E-state index is 0.0557. The molecule has 3 rings (SSSR count). The third kappa shape index (κ3) is 3.41. The molecule has 3 saturated heterocycles. The Kier molecular flexibility index (Phi) is 4.82. The molecule has 3 aliphatic heterocycles. The Bertz CT molecular complexity index is 361. The summed E-state index contributed by atoms with van der Waals surface area (Å²) >= 11 is 0. The van der Waals surface area contributed by atoms with E-state index in [4.69, 9.17) is 5.73 Å². The summed E-state index contributed by atoms with van der Waals surface area (Å²) in [6, 6.07) is 1.08. The molecule has 1 amide bonds. The molecule has 2 N–H and O–H groups in total. The van der Waals surface area contributed by atoms with Gasteiger partial charge in [-0.2, -0.15) is 0 Å². The van der Waals surface area contributed by atoms with Crippen molar-refractivity contribution >= 4 is 5.91 Å². The SMILES string of the molecule is CC(C(=O)N1CCCC1)N1CCC(N2CCC(N)CC2)C1. The highest BCUT2D eigenvalue weighted by Gasteiger charge is 2.35. The van der Waals surface area contributed by atoms with Crippen LogP contribution in [0, 0.1) is 0 Å². The lowest BCUT2D eigenvalue weighted by atomic mass is 10.0. The topological polar surface area (TPSA) is 52.8 Å². The molecule has 0 spiro atoms. The first-order chi connectivity index (χ1) is 10.1. The molecule has 2 unspecified atom stereocenters. The number of likely N-dealkylation sites (tertiary alicyclic amines) is 3. The molecule has 0 aromatic rings. The molecule has 3 heterocycles. The molecule has 3 fully saturated rings. The summed E-state index contributed by atoms with van der Waals surface area (Å²) in [5.41, 5.74) is 5.99. The van der Waals surface area contributed by atoms with Crippen molar-refractivity contribution in [3.63, 3.8) is 0 Å². The molecular weight excluding hydrogens is 264 g/mol. The second kappa shape index (κ2) is 6.63. The third-order valence-electron chi connectivity index (χ3n) is 5.61. The monoisotopic (exact) mass is 294 g/mol. The van der Waals surface area contributed by atoms with Gasteiger partial charge in [0, 0.05) is 38.3 Å². The largest absolute Gasteiger partial charge is 0.341 e. The number of carbonyl (C=O) groups is 1. The molecule has 0 bridgehead atoms. The Labute approximate surface area is 128 Å². The van der Waals surface area contributed by atoms with Crippen molar-refractivity contribution in [2.45, 2.75) is 57.2 Å². The molecule has 21 heavy (non-hydrogen) atoms. The van der Waals surface area contributed by atoms with E-state index in [1.165, 1.54) is 19.3 Å². The highest BCUT2D eigenvalue weighted by molar-refractivity contribution is 5.81. The van der Waals surface area contributed by atoms with Crippen LogP contribution in [0.3, 0.4) is 0 Å². The fourth-order valence-electron chi connectivity index (χ4n) is 4.06. The highest BCUT2D eigenvalue weighted by Crippen LogP contribution is 2.22. The summed E-state index contributed by atoms with van der Waals surface area (Å²) in [6.07, 6.45) is 5.80. The van der Waals surface area contributed by atoms with E-state index in [0.717, 1.165) is 52.1 Å². The summed E-state index contributed by atoms with van der Waals surface area (Å²) in [6.45, 7) is 8.40. The minimum Gasteiger partial charge on any atom is -0.341 e. The van der Waals surface area contributed by atoms with Crippen molar-refractivity contribution in [3.05, 3.63) is 0 Å². The van der Waals surface area contributed by atoms with Gasteiger partial charge in [-0.1, -0.05) is 0 Å². The second-order valence-electron chi connectivity index (χ2n) is 7.02. The van der Waals surface area contributed by atoms with E-state index in [-0.39, 0.29) is 6.04 Å². The smallest absolute Gasteiger partial charge is 0.239 e. The molecular formula is C16H30N4O. The van der Waals surface area contributed by atoms with Crippen LogP contribution in [0.5, 0.6) is 0 Å². The number of carbonyl (C=O) groups excluding carboxylic acids is 1. The Balaban J connectivity index is 1.50. The molecule has 0 aromatic carbocycles. The first-order valence-electron chi connectivity index (χ1n) is 8.67. The van der Waals surface area contributed by atoms with Crippen molar-refractivity contribution in [1.29, 1.82) is 0 Å². The van der Waals surface area contributed by atoms with Gasteiger partial charge in [-0.15, -0.1) is 0 Å². The zero-order chi connectivity index (χ0) is 14.8. The van der Waals surface area contributed by atoms with Gasteiger partial charge >= 0.3 is 0 Å². The van der Waals surface area contributed by atoms with Crippen LogP contribution in [0.4, 0.5) is 0 Å². The zero-order valence-corrected chi connectivity index (χ0v) is 13.3. The Hall–Kier alpha value is -0.650. The zero-order valence-electron chi connectivity index (χ0n) is 13.3. The average Bonchev–Trinajstić information content (AvgIpc) is 3.18. The predicted molar refractivity (Wildman–Crippen MR) is 84.0 cm³/mol. The van der Waals surface area contributed by atoms with E-state index >= 15 is 0 Å². The van der Waals surface area contributed by atoms with Crippen molar-refractivity contribution in [2.24, 2.45) is 5.73 Å². The fourth-order valence-corrected chi connectivity index (χ4v) is 4.06. The maximum absolute atomic E-state index is 12.5. The van der Waals surface area contributed by atoms with E-state index in [1.54, 1.807) is 0 Å². The van der Waals surface area contributed by atoms with Crippen molar-refractivity contribution < 1.29 is 4.79 Å². The summed E-state index contributed by atoms with van der Waals surface area (Å²) < 4.78 is 0. The fraction of sp³-hybridized carbons (Fsp3) is 0.938. The van der Waals surface area contributed by atoms with Crippen molar-refractivity contribution in [1.82, 2.24) is 14.7 Å². The van der Waals surface area contributed by atoms with Crippen LogP contribution in [0.2, 0.25) is 0 Å². The molecule has 2 atom stereocenters. The van der Waals surface area contributed by atoms with Gasteiger partial charge in [0.1, 0.15) is 0 Å². The first kappa shape index (κ1) is 15.3. The molecule has 3 aliphatic rings. The minimum absolute atomic E-state index is 0.0557. The van der Waals surface area contributed by atoms with Crippen LogP contribution < -0.4 is 5.73 Å². The van der Waals surface area contributed by atoms with Crippen LogP contribution in [0.25, 0.3) is 0 Å². The normalized spacial score (nSPS) is 31.0. The van der Waals surface area contributed by atoms with Gasteiger partial charge in [-0.25, -0.2) is 0 Å². The van der Waals surface area contributed by atoms with Gasteiger partial charge in [0.2, 0.25) is 5.91 Å². The summed E-state index contributed by atoms with van der Waals surface area (Å²) in [7, 11) is 0. The molecule has 5 heteroatoms. The van der Waals surface area contributed by atoms with Gasteiger partial charge < -0.3 is 10.6 Å². The number of nitrogens with two attached hydrogens (primary N) is 1. The highest BCUT2D eigenvalue weighted by atomic mass is 16.2. The predicted octanol–water partition coefficient (Wildman–Crippen LogP) is 0.495. The first-order valence-corrected chi connectivity index (χ1v) is 8.67.